The number of hydrogen-bond donors (Lipinski definition) is 2. The van der Waals surface area contributed by atoms with Crippen molar-refractivity contribution in [1.82, 2.24) is 10.6 Å². The monoisotopic (exact) mass is 228 g/mol. The lowest BCUT2D eigenvalue weighted by molar-refractivity contribution is -0.127. The van der Waals surface area contributed by atoms with E-state index in [4.69, 9.17) is 0 Å². The molecule has 1 amide bonds. The quantitative estimate of drug-likeness (QED) is 0.702. The van der Waals surface area contributed by atoms with Gasteiger partial charge in [0.2, 0.25) is 5.91 Å². The van der Waals surface area contributed by atoms with E-state index in [1.54, 1.807) is 7.05 Å². The molecular weight excluding hydrogens is 200 g/mol. The Bertz CT molecular complexity index is 216. The molecule has 0 spiro atoms. The highest BCUT2D eigenvalue weighted by Crippen LogP contribution is 2.18. The number of carbonyl (C=O) groups excluding carboxylic acids is 1. The molecule has 0 aromatic heterocycles. The predicted molar refractivity (Wildman–Crippen MR) is 69.4 cm³/mol. The van der Waals surface area contributed by atoms with Gasteiger partial charge in [0.25, 0.3) is 0 Å². The van der Waals surface area contributed by atoms with E-state index in [1.807, 2.05) is 6.92 Å². The van der Waals surface area contributed by atoms with Crippen molar-refractivity contribution in [3.05, 3.63) is 0 Å². The Morgan fingerprint density at radius 1 is 1.31 bits per heavy atom. The molecule has 0 aliphatic carbocycles. The molecule has 0 heterocycles. The molecule has 0 rings (SSSR count). The van der Waals surface area contributed by atoms with Gasteiger partial charge in [-0.2, -0.15) is 0 Å². The third-order valence-corrected chi connectivity index (χ3v) is 2.83. The minimum absolute atomic E-state index is 0.0872. The summed E-state index contributed by atoms with van der Waals surface area (Å²) in [5.41, 5.74) is -0.447. The lowest BCUT2D eigenvalue weighted by atomic mass is 9.88. The Labute approximate surface area is 100 Å². The van der Waals surface area contributed by atoms with Gasteiger partial charge < -0.3 is 10.6 Å². The zero-order valence-electron chi connectivity index (χ0n) is 11.7. The van der Waals surface area contributed by atoms with Crippen molar-refractivity contribution in [3.8, 4) is 0 Å². The van der Waals surface area contributed by atoms with Gasteiger partial charge in [-0.15, -0.1) is 0 Å². The van der Waals surface area contributed by atoms with E-state index in [0.29, 0.717) is 12.0 Å². The average Bonchev–Trinajstić information content (AvgIpc) is 2.15. The van der Waals surface area contributed by atoms with Crippen LogP contribution in [0, 0.1) is 5.92 Å². The summed E-state index contributed by atoms with van der Waals surface area (Å²) in [7, 11) is 1.70. The van der Waals surface area contributed by atoms with Crippen molar-refractivity contribution >= 4 is 5.91 Å². The molecule has 16 heavy (non-hydrogen) atoms. The molecule has 0 saturated heterocycles. The van der Waals surface area contributed by atoms with Crippen LogP contribution < -0.4 is 10.6 Å². The summed E-state index contributed by atoms with van der Waals surface area (Å²) >= 11 is 0. The van der Waals surface area contributed by atoms with Crippen LogP contribution in [0.1, 0.15) is 53.9 Å². The van der Waals surface area contributed by atoms with Gasteiger partial charge in [0.1, 0.15) is 0 Å². The van der Waals surface area contributed by atoms with Crippen LogP contribution in [0.2, 0.25) is 0 Å². The Morgan fingerprint density at radius 2 is 1.88 bits per heavy atom. The maximum Gasteiger partial charge on any atom is 0.239 e. The fraction of sp³-hybridized carbons (Fsp3) is 0.923. The van der Waals surface area contributed by atoms with Gasteiger partial charge in [-0.05, 0) is 32.6 Å². The second-order valence-corrected chi connectivity index (χ2v) is 5.34. The molecule has 0 aliphatic rings. The normalized spacial score (nSPS) is 16.9. The van der Waals surface area contributed by atoms with Gasteiger partial charge in [-0.25, -0.2) is 0 Å². The minimum Gasteiger partial charge on any atom is -0.358 e. The van der Waals surface area contributed by atoms with Gasteiger partial charge >= 0.3 is 0 Å². The largest absolute Gasteiger partial charge is 0.358 e. The Morgan fingerprint density at radius 3 is 2.25 bits per heavy atom. The van der Waals surface area contributed by atoms with Crippen LogP contribution >= 0.6 is 0 Å². The first-order chi connectivity index (χ1) is 7.35. The summed E-state index contributed by atoms with van der Waals surface area (Å²) in [5, 5.41) is 6.22. The summed E-state index contributed by atoms with van der Waals surface area (Å²) in [6.45, 7) is 10.6. The zero-order chi connectivity index (χ0) is 12.8. The highest BCUT2D eigenvalue weighted by molar-refractivity contribution is 5.85. The van der Waals surface area contributed by atoms with E-state index < -0.39 is 5.54 Å². The Hall–Kier alpha value is -0.570. The van der Waals surface area contributed by atoms with E-state index in [9.17, 15) is 4.79 Å². The van der Waals surface area contributed by atoms with Crippen LogP contribution in [-0.2, 0) is 4.79 Å². The lowest BCUT2D eigenvalue weighted by Crippen LogP contribution is -2.57. The third kappa shape index (κ3) is 4.97. The van der Waals surface area contributed by atoms with E-state index >= 15 is 0 Å². The van der Waals surface area contributed by atoms with E-state index in [0.717, 1.165) is 19.3 Å². The molecule has 2 unspecified atom stereocenters. The molecule has 2 N–H and O–H groups in total. The fourth-order valence-corrected chi connectivity index (χ4v) is 2.36. The topological polar surface area (TPSA) is 41.1 Å². The molecule has 0 aromatic rings. The van der Waals surface area contributed by atoms with Gasteiger partial charge in [0, 0.05) is 13.1 Å². The van der Waals surface area contributed by atoms with Crippen molar-refractivity contribution in [3.63, 3.8) is 0 Å². The van der Waals surface area contributed by atoms with Crippen LogP contribution in [0.15, 0.2) is 0 Å². The van der Waals surface area contributed by atoms with Crippen LogP contribution in [0.25, 0.3) is 0 Å². The smallest absolute Gasteiger partial charge is 0.239 e. The maximum atomic E-state index is 11.9. The maximum absolute atomic E-state index is 11.9. The summed E-state index contributed by atoms with van der Waals surface area (Å²) < 4.78 is 0. The number of rotatable bonds is 7. The molecular formula is C13H28N2O. The summed E-state index contributed by atoms with van der Waals surface area (Å²) in [4.78, 5) is 11.9. The van der Waals surface area contributed by atoms with Crippen molar-refractivity contribution in [2.45, 2.75) is 65.5 Å². The van der Waals surface area contributed by atoms with Crippen molar-refractivity contribution in [2.75, 3.05) is 7.05 Å². The summed E-state index contributed by atoms with van der Waals surface area (Å²) in [6, 6.07) is 0.381. The first-order valence-corrected chi connectivity index (χ1v) is 6.35. The lowest BCUT2D eigenvalue weighted by Gasteiger charge is -2.33. The van der Waals surface area contributed by atoms with Gasteiger partial charge in [0.15, 0.2) is 0 Å². The zero-order valence-corrected chi connectivity index (χ0v) is 11.7. The summed E-state index contributed by atoms with van der Waals surface area (Å²) in [5.74, 6) is 0.591. The van der Waals surface area contributed by atoms with Gasteiger partial charge in [-0.1, -0.05) is 27.2 Å². The number of likely N-dealkylation sites (N-methyl/N-ethyl adjacent to an activating group) is 1. The van der Waals surface area contributed by atoms with E-state index in [1.165, 1.54) is 0 Å². The average molecular weight is 228 g/mol. The molecule has 0 radical (unpaired) electrons. The highest BCUT2D eigenvalue weighted by atomic mass is 16.2. The highest BCUT2D eigenvalue weighted by Gasteiger charge is 2.33. The second-order valence-electron chi connectivity index (χ2n) is 5.34. The number of carbonyl (C=O) groups is 1. The Kier molecular flexibility index (Phi) is 6.65. The van der Waals surface area contributed by atoms with Crippen molar-refractivity contribution in [1.29, 1.82) is 0 Å². The molecule has 0 saturated carbocycles. The molecule has 2 atom stereocenters. The number of amides is 1. The van der Waals surface area contributed by atoms with Crippen LogP contribution in [0.5, 0.6) is 0 Å². The van der Waals surface area contributed by atoms with E-state index in [2.05, 4.69) is 38.3 Å². The second kappa shape index (κ2) is 6.89. The Balaban J connectivity index is 4.59. The fourth-order valence-electron chi connectivity index (χ4n) is 2.36. The van der Waals surface area contributed by atoms with Crippen LogP contribution in [0.4, 0.5) is 0 Å². The number of hydrogen-bond acceptors (Lipinski definition) is 2. The van der Waals surface area contributed by atoms with E-state index in [-0.39, 0.29) is 5.91 Å². The third-order valence-electron chi connectivity index (χ3n) is 2.83. The van der Waals surface area contributed by atoms with Gasteiger partial charge in [-0.3, -0.25) is 4.79 Å². The SMILES string of the molecule is CCCC(C)NC(C)(CC(C)C)C(=O)NC. The first-order valence-electron chi connectivity index (χ1n) is 6.35. The van der Waals surface area contributed by atoms with Gasteiger partial charge in [0.05, 0.1) is 5.54 Å². The van der Waals surface area contributed by atoms with Crippen molar-refractivity contribution in [2.24, 2.45) is 5.92 Å². The van der Waals surface area contributed by atoms with Crippen LogP contribution in [0.3, 0.4) is 0 Å². The first kappa shape index (κ1) is 15.4. The molecule has 0 aliphatic heterocycles. The molecule has 96 valence electrons. The predicted octanol–water partition coefficient (Wildman–Crippen LogP) is 2.32. The van der Waals surface area contributed by atoms with Crippen molar-refractivity contribution < 1.29 is 4.79 Å². The molecule has 3 nitrogen and oxygen atoms in total. The molecule has 0 fully saturated rings. The number of nitrogens with one attached hydrogen (secondary N) is 2. The minimum atomic E-state index is -0.447. The molecule has 0 aromatic carbocycles. The molecule has 3 heteroatoms. The van der Waals surface area contributed by atoms with Crippen LogP contribution in [-0.4, -0.2) is 24.5 Å². The standard InChI is InChI=1S/C13H28N2O/c1-7-8-11(4)15-13(5,9-10(2)3)12(16)14-6/h10-11,15H,7-9H2,1-6H3,(H,14,16). The summed E-state index contributed by atoms with van der Waals surface area (Å²) in [6.07, 6.45) is 3.10. The molecule has 0 bridgehead atoms.